The lowest BCUT2D eigenvalue weighted by Gasteiger charge is -2.65. The lowest BCUT2D eigenvalue weighted by molar-refractivity contribution is -0.331. The van der Waals surface area contributed by atoms with E-state index in [1.807, 2.05) is 0 Å². The number of aliphatic hydroxyl groups is 6. The quantitative estimate of drug-likeness (QED) is 0.128. The zero-order valence-corrected chi connectivity index (χ0v) is 27.1. The zero-order chi connectivity index (χ0) is 33.5. The Hall–Kier alpha value is -1.52. The largest absolute Gasteiger partial charge is 0.458 e. The molecule has 6 N–H and O–H groups in total. The molecule has 13 nitrogen and oxygen atoms in total. The van der Waals surface area contributed by atoms with Crippen LogP contribution in [-0.4, -0.2) is 123 Å². The van der Waals surface area contributed by atoms with Gasteiger partial charge in [0.2, 0.25) is 0 Å². The second-order valence-corrected chi connectivity index (χ2v) is 15.7. The third-order valence-corrected chi connectivity index (χ3v) is 13.6. The Labute approximate surface area is 274 Å². The first-order chi connectivity index (χ1) is 22.2. The molecule has 16 atom stereocenters. The third kappa shape index (κ3) is 5.18. The summed E-state index contributed by atoms with van der Waals surface area (Å²) in [5.41, 5.74) is -2.86. The minimum Gasteiger partial charge on any atom is -0.458 e. The van der Waals surface area contributed by atoms with E-state index in [1.165, 1.54) is 0 Å². The van der Waals surface area contributed by atoms with E-state index in [0.717, 1.165) is 18.3 Å². The molecule has 3 aliphatic heterocycles. The monoisotopic (exact) mass is 666 g/mol. The van der Waals surface area contributed by atoms with Crippen LogP contribution in [0.5, 0.6) is 0 Å². The Morgan fingerprint density at radius 2 is 1.70 bits per heavy atom. The normalized spacial score (nSPS) is 54.6. The van der Waals surface area contributed by atoms with Gasteiger partial charge in [0, 0.05) is 24.3 Å². The van der Waals surface area contributed by atoms with Gasteiger partial charge in [-0.1, -0.05) is 6.92 Å². The molecule has 264 valence electrons. The molecule has 0 aromatic heterocycles. The number of carbonyl (C=O) groups is 2. The van der Waals surface area contributed by atoms with Crippen molar-refractivity contribution in [3.63, 3.8) is 0 Å². The zero-order valence-electron chi connectivity index (χ0n) is 27.1. The van der Waals surface area contributed by atoms with Gasteiger partial charge in [-0.25, -0.2) is 4.79 Å². The van der Waals surface area contributed by atoms with Crippen molar-refractivity contribution in [3.05, 3.63) is 11.6 Å². The van der Waals surface area contributed by atoms with Gasteiger partial charge in [-0.15, -0.1) is 0 Å². The molecule has 2 saturated heterocycles. The molecule has 4 aliphatic carbocycles. The van der Waals surface area contributed by atoms with E-state index in [9.17, 15) is 40.2 Å². The summed E-state index contributed by atoms with van der Waals surface area (Å²) in [6.07, 6.45) is -1.89. The SMILES string of the molecule is C[C@H]1O[C@@H](O[C@H]2CC[C@]3(C=O)[C@H]4CC[C@]5(C)[C@@H](C6=CC(=O)OC6)CC[C@]5(O)[C@H]4CC[C@]3(O)C2)C[C@H](O)[C@@H]1O[C@@H]1OC[C@@H](O)[C@H](O)[C@H]1O. The predicted octanol–water partition coefficient (Wildman–Crippen LogP) is 0.243. The van der Waals surface area contributed by atoms with Crippen LogP contribution in [0.2, 0.25) is 0 Å². The van der Waals surface area contributed by atoms with E-state index in [2.05, 4.69) is 6.92 Å². The first kappa shape index (κ1) is 34.0. The number of aliphatic hydroxyl groups excluding tert-OH is 4. The van der Waals surface area contributed by atoms with Gasteiger partial charge in [0.1, 0.15) is 37.3 Å². The molecular formula is C34H50O13. The smallest absolute Gasteiger partial charge is 0.331 e. The number of cyclic esters (lactones) is 1. The molecule has 0 spiro atoms. The molecule has 7 aliphatic rings. The Morgan fingerprint density at radius 3 is 2.40 bits per heavy atom. The van der Waals surface area contributed by atoms with Crippen molar-refractivity contribution >= 4 is 12.3 Å². The molecular weight excluding hydrogens is 616 g/mol. The highest BCUT2D eigenvalue weighted by Crippen LogP contribution is 2.70. The molecule has 0 aromatic rings. The van der Waals surface area contributed by atoms with Crippen molar-refractivity contribution in [2.75, 3.05) is 13.2 Å². The van der Waals surface area contributed by atoms with Crippen LogP contribution in [0.3, 0.4) is 0 Å². The van der Waals surface area contributed by atoms with Gasteiger partial charge in [-0.3, -0.25) is 0 Å². The fourth-order valence-corrected chi connectivity index (χ4v) is 11.0. The minimum absolute atomic E-state index is 0.0370. The fourth-order valence-electron chi connectivity index (χ4n) is 11.0. The van der Waals surface area contributed by atoms with E-state index in [0.29, 0.717) is 44.9 Å². The average Bonchev–Trinajstić information content (AvgIpc) is 3.57. The van der Waals surface area contributed by atoms with Crippen molar-refractivity contribution in [2.45, 2.75) is 145 Å². The standard InChI is InChI=1S/C34H50O13/c1-17-29(47-30-28(40)27(39)24(37)15-44-30)23(36)12-26(45-17)46-19-3-8-32(16-35)21-4-7-31(2)20(18-11-25(38)43-14-18)6-10-34(31,42)22(21)5-9-33(32,41)13-19/h11,16-17,19-24,26-30,36-37,39-42H,3-10,12-15H2,1-2H3/t17-,19+,20-,21+,22+,23+,24-,26+,27+,28-,29-,30+,31-,32+,33+,34+/m1/s1. The Bertz CT molecular complexity index is 1250. The molecule has 47 heavy (non-hydrogen) atoms. The van der Waals surface area contributed by atoms with Crippen LogP contribution in [-0.2, 0) is 33.3 Å². The fraction of sp³-hybridized carbons (Fsp3) is 0.882. The van der Waals surface area contributed by atoms with Gasteiger partial charge in [0.05, 0.1) is 41.5 Å². The molecule has 0 amide bonds. The molecule has 3 heterocycles. The summed E-state index contributed by atoms with van der Waals surface area (Å²) in [6, 6.07) is 0. The number of esters is 1. The molecule has 6 fully saturated rings. The van der Waals surface area contributed by atoms with Crippen LogP contribution in [0, 0.1) is 28.6 Å². The molecule has 7 rings (SSSR count). The van der Waals surface area contributed by atoms with Gasteiger partial charge in [0.25, 0.3) is 0 Å². The summed E-state index contributed by atoms with van der Waals surface area (Å²) >= 11 is 0. The van der Waals surface area contributed by atoms with Crippen molar-refractivity contribution in [1.29, 1.82) is 0 Å². The number of hydrogen-bond donors (Lipinski definition) is 6. The average molecular weight is 667 g/mol. The van der Waals surface area contributed by atoms with Crippen LogP contribution < -0.4 is 0 Å². The van der Waals surface area contributed by atoms with E-state index < -0.39 is 77.3 Å². The van der Waals surface area contributed by atoms with Gasteiger partial charge in [-0.05, 0) is 81.6 Å². The van der Waals surface area contributed by atoms with Crippen LogP contribution >= 0.6 is 0 Å². The van der Waals surface area contributed by atoms with Crippen molar-refractivity contribution in [3.8, 4) is 0 Å². The number of rotatable bonds is 6. The molecule has 13 heteroatoms. The highest BCUT2D eigenvalue weighted by atomic mass is 16.7. The van der Waals surface area contributed by atoms with Crippen LogP contribution in [0.1, 0.15) is 78.1 Å². The lowest BCUT2D eigenvalue weighted by atomic mass is 9.41. The van der Waals surface area contributed by atoms with E-state index >= 15 is 0 Å². The van der Waals surface area contributed by atoms with E-state index in [1.54, 1.807) is 13.0 Å². The minimum atomic E-state index is -1.50. The van der Waals surface area contributed by atoms with E-state index in [-0.39, 0.29) is 49.8 Å². The summed E-state index contributed by atoms with van der Waals surface area (Å²) < 4.78 is 28.7. The number of ether oxygens (including phenoxy) is 5. The van der Waals surface area contributed by atoms with Crippen molar-refractivity contribution < 1.29 is 63.9 Å². The Morgan fingerprint density at radius 1 is 0.936 bits per heavy atom. The second kappa shape index (κ2) is 12.1. The molecule has 0 aromatic carbocycles. The van der Waals surface area contributed by atoms with E-state index in [4.69, 9.17) is 23.7 Å². The number of aldehydes is 1. The number of hydrogen-bond acceptors (Lipinski definition) is 13. The molecule has 0 bridgehead atoms. The van der Waals surface area contributed by atoms with Gasteiger partial charge in [-0.2, -0.15) is 0 Å². The lowest BCUT2D eigenvalue weighted by Crippen LogP contribution is -2.69. The summed E-state index contributed by atoms with van der Waals surface area (Å²) in [6.45, 7) is 3.86. The maximum Gasteiger partial charge on any atom is 0.331 e. The van der Waals surface area contributed by atoms with Crippen LogP contribution in [0.15, 0.2) is 11.6 Å². The first-order valence-electron chi connectivity index (χ1n) is 17.3. The highest BCUT2D eigenvalue weighted by Gasteiger charge is 2.71. The van der Waals surface area contributed by atoms with Crippen LogP contribution in [0.4, 0.5) is 0 Å². The Balaban J connectivity index is 1.01. The highest BCUT2D eigenvalue weighted by molar-refractivity contribution is 5.85. The predicted molar refractivity (Wildman–Crippen MR) is 160 cm³/mol. The molecule has 4 saturated carbocycles. The van der Waals surface area contributed by atoms with Gasteiger partial charge < -0.3 is 59.1 Å². The summed E-state index contributed by atoms with van der Waals surface area (Å²) in [5.74, 6) is -0.635. The van der Waals surface area contributed by atoms with Gasteiger partial charge in [0.15, 0.2) is 12.6 Å². The van der Waals surface area contributed by atoms with Crippen LogP contribution in [0.25, 0.3) is 0 Å². The number of fused-ring (bicyclic) bond motifs is 5. The summed E-state index contributed by atoms with van der Waals surface area (Å²) in [7, 11) is 0. The molecule has 0 radical (unpaired) electrons. The van der Waals surface area contributed by atoms with Crippen molar-refractivity contribution in [1.82, 2.24) is 0 Å². The van der Waals surface area contributed by atoms with Gasteiger partial charge >= 0.3 is 5.97 Å². The Kier molecular flexibility index (Phi) is 8.72. The summed E-state index contributed by atoms with van der Waals surface area (Å²) in [4.78, 5) is 25.0. The first-order valence-corrected chi connectivity index (χ1v) is 17.3. The topological polar surface area (TPSA) is 202 Å². The second-order valence-electron chi connectivity index (χ2n) is 15.7. The third-order valence-electron chi connectivity index (χ3n) is 13.6. The molecule has 0 unspecified atom stereocenters. The maximum atomic E-state index is 13.1. The summed E-state index contributed by atoms with van der Waals surface area (Å²) in [5, 5.41) is 65.7. The number of carbonyl (C=O) groups excluding carboxylic acids is 2. The maximum absolute atomic E-state index is 13.1. The van der Waals surface area contributed by atoms with Crippen molar-refractivity contribution in [2.24, 2.45) is 28.6 Å².